The summed E-state index contributed by atoms with van der Waals surface area (Å²) in [4.78, 5) is 14.4. The number of amides is 1. The third-order valence-electron chi connectivity index (χ3n) is 4.39. The molecule has 6 nitrogen and oxygen atoms in total. The van der Waals surface area contributed by atoms with Crippen LogP contribution in [0, 0.1) is 0 Å². The van der Waals surface area contributed by atoms with E-state index in [9.17, 15) is 13.2 Å². The van der Waals surface area contributed by atoms with Gasteiger partial charge in [0.05, 0.1) is 28.3 Å². The first-order valence-electron chi connectivity index (χ1n) is 8.98. The Hall–Kier alpha value is -2.51. The van der Waals surface area contributed by atoms with E-state index >= 15 is 0 Å². The molecule has 0 heterocycles. The molecule has 2 aromatic rings. The first kappa shape index (κ1) is 22.8. The van der Waals surface area contributed by atoms with Crippen molar-refractivity contribution in [2.75, 3.05) is 31.6 Å². The first-order valence-corrected chi connectivity index (χ1v) is 10.8. The minimum atomic E-state index is -3.89. The van der Waals surface area contributed by atoms with E-state index in [1.54, 1.807) is 29.2 Å². The Balaban J connectivity index is 2.42. The van der Waals surface area contributed by atoms with Gasteiger partial charge in [-0.15, -0.1) is 0 Å². The Labute approximate surface area is 177 Å². The van der Waals surface area contributed by atoms with Gasteiger partial charge in [-0.2, -0.15) is 0 Å². The summed E-state index contributed by atoms with van der Waals surface area (Å²) in [5, 5.41) is 0.196. The van der Waals surface area contributed by atoms with Gasteiger partial charge in [0.25, 0.3) is 15.9 Å². The van der Waals surface area contributed by atoms with Gasteiger partial charge in [-0.25, -0.2) is 8.42 Å². The lowest BCUT2D eigenvalue weighted by atomic mass is 10.2. The monoisotopic (exact) mass is 436 g/mol. The lowest BCUT2D eigenvalue weighted by Gasteiger charge is -2.23. The molecule has 0 radical (unpaired) electrons. The standard InChI is InChI=1S/C21H25ClN2O4S/c1-6-24(14-15(2)3)21(25)19-13-18(11-12-20(19)22)29(26,27)23(4)16-7-9-17(28-5)10-8-16/h7-13H,2,6,14H2,1,3-5H3. The summed E-state index contributed by atoms with van der Waals surface area (Å²) in [6.45, 7) is 8.31. The zero-order valence-electron chi connectivity index (χ0n) is 17.0. The number of nitrogens with zero attached hydrogens (tertiary/aromatic N) is 2. The molecule has 0 aliphatic rings. The number of carbonyl (C=O) groups is 1. The van der Waals surface area contributed by atoms with Crippen molar-refractivity contribution in [2.24, 2.45) is 0 Å². The Morgan fingerprint density at radius 2 is 1.79 bits per heavy atom. The molecule has 0 N–H and O–H groups in total. The zero-order chi connectivity index (χ0) is 21.8. The third kappa shape index (κ3) is 5.10. The fraction of sp³-hybridized carbons (Fsp3) is 0.286. The van der Waals surface area contributed by atoms with Crippen LogP contribution >= 0.6 is 11.6 Å². The van der Waals surface area contributed by atoms with Crippen LogP contribution in [0.4, 0.5) is 5.69 Å². The van der Waals surface area contributed by atoms with Gasteiger partial charge in [0.1, 0.15) is 5.75 Å². The van der Waals surface area contributed by atoms with Gasteiger partial charge in [0.15, 0.2) is 0 Å². The van der Waals surface area contributed by atoms with Gasteiger partial charge in [-0.3, -0.25) is 9.10 Å². The average Bonchev–Trinajstić information content (AvgIpc) is 2.71. The Morgan fingerprint density at radius 1 is 1.17 bits per heavy atom. The van der Waals surface area contributed by atoms with Crippen molar-refractivity contribution in [3.63, 3.8) is 0 Å². The van der Waals surface area contributed by atoms with Crippen LogP contribution in [0.25, 0.3) is 0 Å². The van der Waals surface area contributed by atoms with Crippen LogP contribution in [0.1, 0.15) is 24.2 Å². The third-order valence-corrected chi connectivity index (χ3v) is 6.50. The summed E-state index contributed by atoms with van der Waals surface area (Å²) in [6.07, 6.45) is 0. The number of sulfonamides is 1. The van der Waals surface area contributed by atoms with Gasteiger partial charge >= 0.3 is 0 Å². The molecule has 0 aromatic heterocycles. The van der Waals surface area contributed by atoms with Crippen molar-refractivity contribution in [1.29, 1.82) is 0 Å². The van der Waals surface area contributed by atoms with Crippen molar-refractivity contribution in [2.45, 2.75) is 18.7 Å². The molecule has 0 unspecified atom stereocenters. The molecular formula is C21H25ClN2O4S. The van der Waals surface area contributed by atoms with Crippen molar-refractivity contribution in [3.8, 4) is 5.75 Å². The van der Waals surface area contributed by atoms with Crippen LogP contribution in [0.15, 0.2) is 59.5 Å². The number of hydrogen-bond acceptors (Lipinski definition) is 4. The maximum absolute atomic E-state index is 13.1. The summed E-state index contributed by atoms with van der Waals surface area (Å²) in [6, 6.07) is 10.8. The molecule has 156 valence electrons. The van der Waals surface area contributed by atoms with Crippen LogP contribution < -0.4 is 9.04 Å². The van der Waals surface area contributed by atoms with Gasteiger partial charge in [0, 0.05) is 20.1 Å². The molecule has 29 heavy (non-hydrogen) atoms. The largest absolute Gasteiger partial charge is 0.497 e. The van der Waals surface area contributed by atoms with Crippen LogP contribution in [-0.2, 0) is 10.0 Å². The topological polar surface area (TPSA) is 66.9 Å². The van der Waals surface area contributed by atoms with E-state index < -0.39 is 10.0 Å². The molecule has 0 saturated carbocycles. The van der Waals surface area contributed by atoms with E-state index in [1.165, 1.54) is 32.4 Å². The number of hydrogen-bond donors (Lipinski definition) is 0. The predicted molar refractivity (Wildman–Crippen MR) is 116 cm³/mol. The van der Waals surface area contributed by atoms with Gasteiger partial charge < -0.3 is 9.64 Å². The summed E-state index contributed by atoms with van der Waals surface area (Å²) < 4.78 is 32.5. The molecule has 0 bridgehead atoms. The molecule has 2 rings (SSSR count). The number of methoxy groups -OCH3 is 1. The summed E-state index contributed by atoms with van der Waals surface area (Å²) in [5.41, 5.74) is 1.42. The molecule has 0 fully saturated rings. The molecule has 2 aromatic carbocycles. The second kappa shape index (κ2) is 9.33. The minimum absolute atomic E-state index is 0.0186. The maximum atomic E-state index is 13.1. The number of benzene rings is 2. The molecule has 1 amide bonds. The highest BCUT2D eigenvalue weighted by atomic mass is 35.5. The predicted octanol–water partition coefficient (Wildman–Crippen LogP) is 4.21. The highest BCUT2D eigenvalue weighted by Crippen LogP contribution is 2.27. The smallest absolute Gasteiger partial charge is 0.264 e. The Morgan fingerprint density at radius 3 is 2.31 bits per heavy atom. The van der Waals surface area contributed by atoms with E-state index in [-0.39, 0.29) is 21.4 Å². The Kier molecular flexibility index (Phi) is 7.32. The highest BCUT2D eigenvalue weighted by Gasteiger charge is 2.25. The molecule has 0 spiro atoms. The SMILES string of the molecule is C=C(C)CN(CC)C(=O)c1cc(S(=O)(=O)N(C)c2ccc(OC)cc2)ccc1Cl. The lowest BCUT2D eigenvalue weighted by molar-refractivity contribution is 0.0778. The summed E-state index contributed by atoms with van der Waals surface area (Å²) in [7, 11) is -0.906. The van der Waals surface area contributed by atoms with Crippen molar-refractivity contribution < 1.29 is 17.9 Å². The number of likely N-dealkylation sites (N-methyl/N-ethyl adjacent to an activating group) is 1. The van der Waals surface area contributed by atoms with Crippen molar-refractivity contribution in [3.05, 3.63) is 65.2 Å². The fourth-order valence-corrected chi connectivity index (χ4v) is 4.16. The highest BCUT2D eigenvalue weighted by molar-refractivity contribution is 7.92. The molecule has 0 saturated heterocycles. The molecule has 8 heteroatoms. The van der Waals surface area contributed by atoms with Crippen LogP contribution in [0.3, 0.4) is 0 Å². The molecule has 0 atom stereocenters. The van der Waals surface area contributed by atoms with Gasteiger partial charge in [0.2, 0.25) is 0 Å². The van der Waals surface area contributed by atoms with E-state index in [0.29, 0.717) is 24.5 Å². The zero-order valence-corrected chi connectivity index (χ0v) is 18.5. The van der Waals surface area contributed by atoms with E-state index in [4.69, 9.17) is 16.3 Å². The normalized spacial score (nSPS) is 11.1. The summed E-state index contributed by atoms with van der Waals surface area (Å²) in [5.74, 6) is 0.278. The van der Waals surface area contributed by atoms with Crippen molar-refractivity contribution in [1.82, 2.24) is 4.90 Å². The van der Waals surface area contributed by atoms with Gasteiger partial charge in [-0.05, 0) is 56.3 Å². The Bertz CT molecular complexity index is 1000. The minimum Gasteiger partial charge on any atom is -0.497 e. The average molecular weight is 437 g/mol. The number of halogens is 1. The van der Waals surface area contributed by atoms with Crippen LogP contribution in [-0.4, -0.2) is 46.5 Å². The van der Waals surface area contributed by atoms with E-state index in [0.717, 1.165) is 9.88 Å². The van der Waals surface area contributed by atoms with E-state index in [1.807, 2.05) is 13.8 Å². The molecule has 0 aliphatic carbocycles. The first-order chi connectivity index (χ1) is 13.6. The molecule has 0 aliphatic heterocycles. The van der Waals surface area contributed by atoms with Crippen LogP contribution in [0.5, 0.6) is 5.75 Å². The number of ether oxygens (including phenoxy) is 1. The van der Waals surface area contributed by atoms with Crippen molar-refractivity contribution >= 4 is 33.2 Å². The quantitative estimate of drug-likeness (QED) is 0.581. The van der Waals surface area contributed by atoms with Crippen LogP contribution in [0.2, 0.25) is 5.02 Å². The number of carbonyl (C=O) groups excluding carboxylic acids is 1. The van der Waals surface area contributed by atoms with Gasteiger partial charge in [-0.1, -0.05) is 23.8 Å². The fourth-order valence-electron chi connectivity index (χ4n) is 2.74. The lowest BCUT2D eigenvalue weighted by Crippen LogP contribution is -2.33. The number of anilines is 1. The summed E-state index contributed by atoms with van der Waals surface area (Å²) >= 11 is 6.22. The van der Waals surface area contributed by atoms with E-state index in [2.05, 4.69) is 6.58 Å². The number of rotatable bonds is 8. The maximum Gasteiger partial charge on any atom is 0.264 e. The second-order valence-electron chi connectivity index (χ2n) is 6.59. The second-order valence-corrected chi connectivity index (χ2v) is 8.97. The molecular weight excluding hydrogens is 412 g/mol.